The number of halogens is 1. The molecule has 0 saturated heterocycles. The Morgan fingerprint density at radius 1 is 1.04 bits per heavy atom. The number of benzene rings is 2. The quantitative estimate of drug-likeness (QED) is 0.694. The maximum absolute atomic E-state index is 13.9. The van der Waals surface area contributed by atoms with Gasteiger partial charge in [-0.25, -0.2) is 17.5 Å². The summed E-state index contributed by atoms with van der Waals surface area (Å²) in [5, 5.41) is 4.19. The summed E-state index contributed by atoms with van der Waals surface area (Å²) in [7, 11) is -1.99. The Morgan fingerprint density at radius 2 is 1.81 bits per heavy atom. The molecule has 0 saturated carbocycles. The molecular formula is C19H19FN4O2S. The Morgan fingerprint density at radius 3 is 2.59 bits per heavy atom. The molecular weight excluding hydrogens is 367 g/mol. The molecule has 0 atom stereocenters. The van der Waals surface area contributed by atoms with Crippen LogP contribution in [0.25, 0.3) is 5.69 Å². The van der Waals surface area contributed by atoms with Crippen LogP contribution in [0.4, 0.5) is 15.8 Å². The lowest BCUT2D eigenvalue weighted by Gasteiger charge is -2.25. The summed E-state index contributed by atoms with van der Waals surface area (Å²) in [4.78, 5) is 2.02. The lowest BCUT2D eigenvalue weighted by molar-refractivity contribution is 0.589. The molecule has 0 fully saturated rings. The molecule has 0 bridgehead atoms. The summed E-state index contributed by atoms with van der Waals surface area (Å²) >= 11 is 0. The van der Waals surface area contributed by atoms with Crippen LogP contribution in [0.3, 0.4) is 0 Å². The lowest BCUT2D eigenvalue weighted by atomic mass is 10.2. The molecule has 1 aliphatic heterocycles. The number of rotatable bonds is 3. The zero-order chi connectivity index (χ0) is 19.0. The summed E-state index contributed by atoms with van der Waals surface area (Å²) in [6.45, 7) is 0.966. The van der Waals surface area contributed by atoms with Gasteiger partial charge < -0.3 is 4.90 Å². The predicted octanol–water partition coefficient (Wildman–Crippen LogP) is 3.05. The molecule has 0 unspecified atom stereocenters. The monoisotopic (exact) mass is 386 g/mol. The van der Waals surface area contributed by atoms with E-state index >= 15 is 0 Å². The first-order valence-electron chi connectivity index (χ1n) is 8.60. The van der Waals surface area contributed by atoms with Gasteiger partial charge in [-0.05, 0) is 30.7 Å². The van der Waals surface area contributed by atoms with Crippen molar-refractivity contribution in [2.24, 2.45) is 0 Å². The number of hydrogen-bond acceptors (Lipinski definition) is 4. The third-order valence-corrected chi connectivity index (χ3v) is 6.41. The van der Waals surface area contributed by atoms with Crippen molar-refractivity contribution in [3.8, 4) is 5.69 Å². The number of anilines is 2. The van der Waals surface area contributed by atoms with Crippen molar-refractivity contribution < 1.29 is 12.8 Å². The molecule has 2 aromatic carbocycles. The minimum absolute atomic E-state index is 0.0751. The van der Waals surface area contributed by atoms with E-state index in [-0.39, 0.29) is 11.4 Å². The number of para-hydroxylation sites is 1. The van der Waals surface area contributed by atoms with Crippen LogP contribution in [0.1, 0.15) is 6.42 Å². The van der Waals surface area contributed by atoms with Crippen molar-refractivity contribution >= 4 is 21.4 Å². The van der Waals surface area contributed by atoms with Crippen molar-refractivity contribution in [2.45, 2.75) is 11.3 Å². The smallest absolute Gasteiger partial charge is 0.267 e. The van der Waals surface area contributed by atoms with Crippen molar-refractivity contribution in [3.63, 3.8) is 0 Å². The Kier molecular flexibility index (Phi) is 4.35. The standard InChI is InChI=1S/C19H19FN4O2S/c1-22-10-5-11-24(19-12-15(20)8-9-18(19)22)27(25,26)17-13-21-23(14-17)16-6-3-2-4-7-16/h2-4,6-9,12-14H,5,10-11H2,1H3. The van der Waals surface area contributed by atoms with Gasteiger partial charge in [0.2, 0.25) is 0 Å². The van der Waals surface area contributed by atoms with Gasteiger partial charge in [-0.15, -0.1) is 0 Å². The Balaban J connectivity index is 1.77. The first kappa shape index (κ1) is 17.5. The Bertz CT molecular complexity index is 1070. The van der Waals surface area contributed by atoms with Crippen molar-refractivity contribution in [1.29, 1.82) is 0 Å². The number of fused-ring (bicyclic) bond motifs is 1. The third-order valence-electron chi connectivity index (χ3n) is 4.64. The molecule has 3 aromatic rings. The van der Waals surface area contributed by atoms with Crippen molar-refractivity contribution in [3.05, 3.63) is 66.7 Å². The van der Waals surface area contributed by atoms with Gasteiger partial charge >= 0.3 is 0 Å². The van der Waals surface area contributed by atoms with E-state index in [1.807, 2.05) is 42.3 Å². The highest BCUT2D eigenvalue weighted by Gasteiger charge is 2.31. The van der Waals surface area contributed by atoms with E-state index in [4.69, 9.17) is 0 Å². The largest absolute Gasteiger partial charge is 0.373 e. The van der Waals surface area contributed by atoms with Gasteiger partial charge in [0.1, 0.15) is 10.7 Å². The fourth-order valence-electron chi connectivity index (χ4n) is 3.25. The third kappa shape index (κ3) is 3.16. The molecule has 4 rings (SSSR count). The van der Waals surface area contributed by atoms with Crippen LogP contribution in [0.2, 0.25) is 0 Å². The average molecular weight is 386 g/mol. The minimum Gasteiger partial charge on any atom is -0.373 e. The van der Waals surface area contributed by atoms with E-state index < -0.39 is 15.8 Å². The molecule has 6 nitrogen and oxygen atoms in total. The summed E-state index contributed by atoms with van der Waals surface area (Å²) in [6, 6.07) is 13.5. The summed E-state index contributed by atoms with van der Waals surface area (Å²) in [5.74, 6) is -0.468. The Hall–Kier alpha value is -2.87. The Labute approximate surface area is 157 Å². The molecule has 1 aliphatic rings. The van der Waals surface area contributed by atoms with Crippen LogP contribution in [0.15, 0.2) is 65.8 Å². The van der Waals surface area contributed by atoms with Gasteiger partial charge in [-0.1, -0.05) is 18.2 Å². The number of hydrogen-bond donors (Lipinski definition) is 0. The van der Waals surface area contributed by atoms with Crippen LogP contribution < -0.4 is 9.21 Å². The van der Waals surface area contributed by atoms with Crippen LogP contribution in [0, 0.1) is 5.82 Å². The van der Waals surface area contributed by atoms with Crippen molar-refractivity contribution in [1.82, 2.24) is 9.78 Å². The highest BCUT2D eigenvalue weighted by molar-refractivity contribution is 7.92. The summed E-state index contributed by atoms with van der Waals surface area (Å²) in [6.07, 6.45) is 3.45. The van der Waals surface area contributed by atoms with Gasteiger partial charge in [0.05, 0.1) is 29.5 Å². The maximum atomic E-state index is 13.9. The SMILES string of the molecule is CN1CCCN(S(=O)(=O)c2cnn(-c3ccccc3)c2)c2cc(F)ccc21. The number of aromatic nitrogens is 2. The highest BCUT2D eigenvalue weighted by atomic mass is 32.2. The molecule has 0 aliphatic carbocycles. The second kappa shape index (κ2) is 6.70. The second-order valence-electron chi connectivity index (χ2n) is 6.44. The van der Waals surface area contributed by atoms with Gasteiger partial charge in [-0.3, -0.25) is 4.31 Å². The molecule has 8 heteroatoms. The van der Waals surface area contributed by atoms with E-state index in [9.17, 15) is 12.8 Å². The van der Waals surface area contributed by atoms with Crippen LogP contribution in [0.5, 0.6) is 0 Å². The normalized spacial score (nSPS) is 14.7. The molecule has 0 spiro atoms. The molecule has 1 aromatic heterocycles. The first-order chi connectivity index (χ1) is 13.0. The van der Waals surface area contributed by atoms with Gasteiger partial charge in [-0.2, -0.15) is 5.10 Å². The number of nitrogens with zero attached hydrogens (tertiary/aromatic N) is 4. The average Bonchev–Trinajstić information content (AvgIpc) is 3.10. The van der Waals surface area contributed by atoms with Crippen molar-refractivity contribution in [2.75, 3.05) is 29.3 Å². The highest BCUT2D eigenvalue weighted by Crippen LogP contribution is 2.35. The maximum Gasteiger partial charge on any atom is 0.267 e. The first-order valence-corrected chi connectivity index (χ1v) is 10.0. The van der Waals surface area contributed by atoms with Crippen LogP contribution in [-0.2, 0) is 10.0 Å². The van der Waals surface area contributed by atoms with E-state index in [0.29, 0.717) is 24.3 Å². The van der Waals surface area contributed by atoms with E-state index in [1.165, 1.54) is 33.5 Å². The minimum atomic E-state index is -3.87. The lowest BCUT2D eigenvalue weighted by Crippen LogP contribution is -2.31. The van der Waals surface area contributed by atoms with E-state index in [0.717, 1.165) is 5.69 Å². The molecule has 0 radical (unpaired) electrons. The van der Waals surface area contributed by atoms with E-state index in [2.05, 4.69) is 5.10 Å². The molecule has 2 heterocycles. The van der Waals surface area contributed by atoms with E-state index in [1.54, 1.807) is 6.07 Å². The fraction of sp³-hybridized carbons (Fsp3) is 0.211. The van der Waals surface area contributed by atoms with Gasteiger partial charge in [0.25, 0.3) is 10.0 Å². The predicted molar refractivity (Wildman–Crippen MR) is 102 cm³/mol. The second-order valence-corrected chi connectivity index (χ2v) is 8.30. The molecule has 27 heavy (non-hydrogen) atoms. The number of sulfonamides is 1. The van der Waals surface area contributed by atoms with Gasteiger partial charge in [0, 0.05) is 26.2 Å². The summed E-state index contributed by atoms with van der Waals surface area (Å²) < 4.78 is 43.3. The topological polar surface area (TPSA) is 58.4 Å². The van der Waals surface area contributed by atoms with Crippen LogP contribution in [-0.4, -0.2) is 38.3 Å². The molecule has 0 amide bonds. The fourth-order valence-corrected chi connectivity index (χ4v) is 4.69. The zero-order valence-corrected chi connectivity index (χ0v) is 15.6. The summed E-state index contributed by atoms with van der Waals surface area (Å²) in [5.41, 5.74) is 1.80. The molecule has 140 valence electrons. The molecule has 0 N–H and O–H groups in total. The van der Waals surface area contributed by atoms with Crippen LogP contribution >= 0.6 is 0 Å². The van der Waals surface area contributed by atoms with Gasteiger partial charge in [0.15, 0.2) is 0 Å². The zero-order valence-electron chi connectivity index (χ0n) is 14.8.